The number of unbranched alkanes of at least 4 members (excludes halogenated alkanes) is 16. The van der Waals surface area contributed by atoms with Crippen LogP contribution in [-0.2, 0) is 66.7 Å². The Kier molecular flexibility index (Phi) is 28.0. The number of carbonyl (C=O) groups excluding carboxylic acids is 6. The average molecular weight is 787 g/mol. The molecule has 0 saturated carbocycles. The number of rotatable bonds is 31. The van der Waals surface area contributed by atoms with Crippen molar-refractivity contribution < 1.29 is 66.7 Å². The molecule has 14 nitrogen and oxygen atoms in total. The van der Waals surface area contributed by atoms with Gasteiger partial charge in [-0.3, -0.25) is 28.8 Å². The molecule has 0 N–H and O–H groups in total. The van der Waals surface area contributed by atoms with Gasteiger partial charge in [-0.1, -0.05) is 117 Å². The molecule has 0 aromatic rings. The molecule has 0 unspecified atom stereocenters. The highest BCUT2D eigenvalue weighted by molar-refractivity contribution is 5.70. The summed E-state index contributed by atoms with van der Waals surface area (Å²) < 4.78 is 44.7. The molecule has 0 aromatic carbocycles. The molecule has 0 aromatic heterocycles. The van der Waals surface area contributed by atoms with E-state index in [0.717, 1.165) is 59.3 Å². The van der Waals surface area contributed by atoms with Crippen molar-refractivity contribution in [3.05, 3.63) is 0 Å². The molecular weight excluding hydrogens is 716 g/mol. The zero-order valence-corrected chi connectivity index (χ0v) is 34.4. The summed E-state index contributed by atoms with van der Waals surface area (Å²) in [7, 11) is 0. The molecule has 0 bridgehead atoms. The zero-order valence-electron chi connectivity index (χ0n) is 34.4. The molecule has 1 aliphatic rings. The van der Waals surface area contributed by atoms with E-state index in [0.29, 0.717) is 12.8 Å². The molecule has 1 aliphatic heterocycles. The fourth-order valence-electron chi connectivity index (χ4n) is 6.30. The van der Waals surface area contributed by atoms with Crippen LogP contribution in [0.3, 0.4) is 0 Å². The molecule has 318 valence electrons. The lowest BCUT2D eigenvalue weighted by Gasteiger charge is -2.44. The lowest BCUT2D eigenvalue weighted by molar-refractivity contribution is -0.311. The predicted octanol–water partition coefficient (Wildman–Crippen LogP) is 7.38. The summed E-state index contributed by atoms with van der Waals surface area (Å²) in [6.45, 7) is 7.83. The van der Waals surface area contributed by atoms with E-state index in [9.17, 15) is 28.8 Å². The minimum absolute atomic E-state index is 0.164. The zero-order chi connectivity index (χ0) is 40.8. The van der Waals surface area contributed by atoms with Crippen LogP contribution in [0.25, 0.3) is 0 Å². The molecule has 0 spiro atoms. The topological polar surface area (TPSA) is 176 Å². The third-order valence-corrected chi connectivity index (χ3v) is 9.09. The second-order valence-electron chi connectivity index (χ2n) is 14.4. The molecule has 0 aliphatic carbocycles. The highest BCUT2D eigenvalue weighted by Crippen LogP contribution is 2.30. The summed E-state index contributed by atoms with van der Waals surface area (Å²) >= 11 is 0. The highest BCUT2D eigenvalue weighted by atomic mass is 16.7. The number of ether oxygens (including phenoxy) is 8. The van der Waals surface area contributed by atoms with Crippen molar-refractivity contribution in [3.63, 3.8) is 0 Å². The predicted molar refractivity (Wildman–Crippen MR) is 202 cm³/mol. The Balaban J connectivity index is 3.00. The third kappa shape index (κ3) is 24.8. The van der Waals surface area contributed by atoms with Gasteiger partial charge in [0, 0.05) is 40.5 Å². The van der Waals surface area contributed by atoms with Gasteiger partial charge in [0.15, 0.2) is 30.7 Å². The van der Waals surface area contributed by atoms with Crippen LogP contribution in [0.4, 0.5) is 0 Å². The van der Waals surface area contributed by atoms with Gasteiger partial charge in [0.25, 0.3) is 0 Å². The van der Waals surface area contributed by atoms with Crippen molar-refractivity contribution in [3.8, 4) is 0 Å². The normalized spacial score (nSPS) is 19.9. The summed E-state index contributed by atoms with van der Waals surface area (Å²) in [6, 6.07) is 0. The summed E-state index contributed by atoms with van der Waals surface area (Å²) in [4.78, 5) is 73.8. The van der Waals surface area contributed by atoms with Crippen molar-refractivity contribution >= 4 is 35.8 Å². The van der Waals surface area contributed by atoms with Crippen molar-refractivity contribution in [2.24, 2.45) is 0 Å². The van der Waals surface area contributed by atoms with E-state index < -0.39 is 79.2 Å². The Morgan fingerprint density at radius 2 is 0.927 bits per heavy atom. The first-order valence-electron chi connectivity index (χ1n) is 20.6. The second-order valence-corrected chi connectivity index (χ2v) is 14.4. The summed E-state index contributed by atoms with van der Waals surface area (Å²) in [5.41, 5.74) is 0. The van der Waals surface area contributed by atoms with Gasteiger partial charge in [0.2, 0.25) is 0 Å². The fourth-order valence-corrected chi connectivity index (χ4v) is 6.30. The van der Waals surface area contributed by atoms with Gasteiger partial charge >= 0.3 is 35.8 Å². The fraction of sp³-hybridized carbons (Fsp3) is 0.854. The van der Waals surface area contributed by atoms with Gasteiger partial charge in [-0.25, -0.2) is 0 Å². The summed E-state index contributed by atoms with van der Waals surface area (Å²) in [6.07, 6.45) is 12.0. The minimum Gasteiger partial charge on any atom is -0.463 e. The van der Waals surface area contributed by atoms with Crippen LogP contribution in [0.5, 0.6) is 0 Å². The molecule has 14 heteroatoms. The largest absolute Gasteiger partial charge is 0.463 e. The Hall–Kier alpha value is -3.26. The number of hydrogen-bond acceptors (Lipinski definition) is 14. The minimum atomic E-state index is -1.48. The standard InChI is InChI=1S/C41H70O14/c1-7-9-11-13-15-17-19-21-23-25-36(46)49-27-34(54-37(47)26-24-22-20-18-16-14-12-10-8-2)28-50-41-40(53-33(6)45)39(52-32(5)44)38(51-31(4)43)35(55-41)29-48-30(3)42/h34-35,38-41H,7-29H2,1-6H3/t34-,35-,38-,39+,40-,41-/m1/s1. The maximum Gasteiger partial charge on any atom is 0.306 e. The molecule has 1 saturated heterocycles. The van der Waals surface area contributed by atoms with Crippen LogP contribution in [0.15, 0.2) is 0 Å². The highest BCUT2D eigenvalue weighted by Gasteiger charge is 2.53. The Labute approximate surface area is 328 Å². The van der Waals surface area contributed by atoms with Crippen molar-refractivity contribution in [1.82, 2.24) is 0 Å². The van der Waals surface area contributed by atoms with Crippen molar-refractivity contribution in [1.29, 1.82) is 0 Å². The van der Waals surface area contributed by atoms with Gasteiger partial charge in [-0.2, -0.15) is 0 Å². The van der Waals surface area contributed by atoms with Gasteiger partial charge < -0.3 is 37.9 Å². The lowest BCUT2D eigenvalue weighted by atomic mass is 9.98. The SMILES string of the molecule is CCCCCCCCCCCC(=O)OC[C@H](CO[C@@H]1O[C@H](COC(C)=O)[C@@H](OC(C)=O)[C@H](OC(C)=O)[C@H]1OC(C)=O)OC(=O)CCCCCCCCCCC. The van der Waals surface area contributed by atoms with Crippen LogP contribution < -0.4 is 0 Å². The quantitative estimate of drug-likeness (QED) is 0.0386. The van der Waals surface area contributed by atoms with Gasteiger partial charge in [0.1, 0.15) is 19.3 Å². The Morgan fingerprint density at radius 1 is 0.491 bits per heavy atom. The Bertz CT molecular complexity index is 1110. The first-order valence-corrected chi connectivity index (χ1v) is 20.6. The first kappa shape index (κ1) is 49.8. The van der Waals surface area contributed by atoms with Crippen LogP contribution in [0.2, 0.25) is 0 Å². The van der Waals surface area contributed by atoms with E-state index in [1.165, 1.54) is 71.1 Å². The first-order chi connectivity index (χ1) is 26.4. The van der Waals surface area contributed by atoms with Gasteiger partial charge in [0.05, 0.1) is 6.61 Å². The number of carbonyl (C=O) groups is 6. The molecule has 1 heterocycles. The molecule has 0 amide bonds. The van der Waals surface area contributed by atoms with Crippen LogP contribution in [0, 0.1) is 0 Å². The number of esters is 6. The molecule has 55 heavy (non-hydrogen) atoms. The van der Waals surface area contributed by atoms with Crippen LogP contribution in [0.1, 0.15) is 170 Å². The maximum atomic E-state index is 13.0. The smallest absolute Gasteiger partial charge is 0.306 e. The second kappa shape index (κ2) is 30.9. The van der Waals surface area contributed by atoms with Crippen LogP contribution >= 0.6 is 0 Å². The summed E-state index contributed by atoms with van der Waals surface area (Å²) in [5, 5.41) is 0. The van der Waals surface area contributed by atoms with Crippen molar-refractivity contribution in [2.45, 2.75) is 207 Å². The van der Waals surface area contributed by atoms with E-state index in [-0.39, 0.29) is 26.1 Å². The van der Waals surface area contributed by atoms with Crippen LogP contribution in [-0.4, -0.2) is 92.4 Å². The molecular formula is C41H70O14. The number of hydrogen-bond donors (Lipinski definition) is 0. The van der Waals surface area contributed by atoms with Gasteiger partial charge in [-0.05, 0) is 12.8 Å². The van der Waals surface area contributed by atoms with Gasteiger partial charge in [-0.15, -0.1) is 0 Å². The third-order valence-electron chi connectivity index (χ3n) is 9.09. The maximum absolute atomic E-state index is 13.0. The van der Waals surface area contributed by atoms with Crippen molar-refractivity contribution in [2.75, 3.05) is 19.8 Å². The molecule has 0 radical (unpaired) electrons. The van der Waals surface area contributed by atoms with E-state index in [4.69, 9.17) is 37.9 Å². The summed E-state index contributed by atoms with van der Waals surface area (Å²) in [5.74, 6) is -3.91. The average Bonchev–Trinajstić information content (AvgIpc) is 3.12. The monoisotopic (exact) mass is 786 g/mol. The van der Waals surface area contributed by atoms with E-state index in [1.807, 2.05) is 0 Å². The van der Waals surface area contributed by atoms with E-state index in [1.54, 1.807) is 0 Å². The lowest BCUT2D eigenvalue weighted by Crippen LogP contribution is -2.63. The Morgan fingerprint density at radius 3 is 1.40 bits per heavy atom. The van der Waals surface area contributed by atoms with E-state index in [2.05, 4.69) is 13.8 Å². The van der Waals surface area contributed by atoms with E-state index >= 15 is 0 Å². The molecule has 1 fully saturated rings. The molecule has 6 atom stereocenters. The molecule has 1 rings (SSSR count).